The van der Waals surface area contributed by atoms with Gasteiger partial charge in [0.1, 0.15) is 6.04 Å². The van der Waals surface area contributed by atoms with Crippen molar-refractivity contribution in [1.82, 2.24) is 14.9 Å². The number of hydrogen-bond donors (Lipinski definition) is 2. The van der Waals surface area contributed by atoms with E-state index in [0.717, 1.165) is 23.8 Å². The molecule has 3 rings (SSSR count). The Balaban J connectivity index is 1.91. The molecule has 1 unspecified atom stereocenters. The SMILES string of the molecule is O=C(O)C1CSc2nnc(C3CC3)n2N1. The Kier molecular flexibility index (Phi) is 1.88. The quantitative estimate of drug-likeness (QED) is 0.753. The van der Waals surface area contributed by atoms with Gasteiger partial charge >= 0.3 is 5.97 Å². The van der Waals surface area contributed by atoms with Gasteiger partial charge in [0, 0.05) is 11.7 Å². The van der Waals surface area contributed by atoms with Gasteiger partial charge in [-0.2, -0.15) is 0 Å². The number of carboxylic acid groups (broad SMARTS) is 1. The first-order chi connectivity index (χ1) is 7.25. The first kappa shape index (κ1) is 9.02. The number of carboxylic acids is 1. The topological polar surface area (TPSA) is 80.0 Å². The highest BCUT2D eigenvalue weighted by Gasteiger charge is 2.34. The smallest absolute Gasteiger partial charge is 0.328 e. The molecule has 6 nitrogen and oxygen atoms in total. The Morgan fingerprint density at radius 2 is 2.33 bits per heavy atom. The number of aromatic nitrogens is 3. The Hall–Kier alpha value is -1.24. The average molecular weight is 226 g/mol. The highest BCUT2D eigenvalue weighted by molar-refractivity contribution is 7.99. The van der Waals surface area contributed by atoms with E-state index in [-0.39, 0.29) is 0 Å². The molecule has 7 heteroatoms. The second-order valence-electron chi connectivity index (χ2n) is 3.78. The molecule has 1 saturated carbocycles. The van der Waals surface area contributed by atoms with E-state index in [1.807, 2.05) is 0 Å². The molecule has 0 amide bonds. The minimum Gasteiger partial charge on any atom is -0.480 e. The fraction of sp³-hybridized carbons (Fsp3) is 0.625. The van der Waals surface area contributed by atoms with Crippen LogP contribution in [0.25, 0.3) is 0 Å². The number of aliphatic carboxylic acids is 1. The molecule has 0 saturated heterocycles. The molecule has 1 aliphatic heterocycles. The fourth-order valence-electron chi connectivity index (χ4n) is 1.58. The van der Waals surface area contributed by atoms with Gasteiger partial charge in [0.2, 0.25) is 5.16 Å². The number of nitrogens with zero attached hydrogens (tertiary/aromatic N) is 3. The third-order valence-electron chi connectivity index (χ3n) is 2.56. The van der Waals surface area contributed by atoms with Crippen molar-refractivity contribution in [3.8, 4) is 0 Å². The summed E-state index contributed by atoms with van der Waals surface area (Å²) >= 11 is 1.44. The van der Waals surface area contributed by atoms with Gasteiger partial charge in [0.05, 0.1) is 0 Å². The lowest BCUT2D eigenvalue weighted by molar-refractivity contribution is -0.137. The highest BCUT2D eigenvalue weighted by atomic mass is 32.2. The van der Waals surface area contributed by atoms with E-state index >= 15 is 0 Å². The molecule has 1 atom stereocenters. The van der Waals surface area contributed by atoms with Gasteiger partial charge in [-0.15, -0.1) is 10.2 Å². The monoisotopic (exact) mass is 226 g/mol. The summed E-state index contributed by atoms with van der Waals surface area (Å²) in [5.74, 6) is 1.01. The van der Waals surface area contributed by atoms with Crippen LogP contribution in [-0.2, 0) is 4.79 Å². The van der Waals surface area contributed by atoms with Crippen LogP contribution >= 0.6 is 11.8 Å². The summed E-state index contributed by atoms with van der Waals surface area (Å²) in [4.78, 5) is 10.9. The zero-order chi connectivity index (χ0) is 10.4. The van der Waals surface area contributed by atoms with Crippen LogP contribution in [0.5, 0.6) is 0 Å². The molecule has 1 aromatic rings. The summed E-state index contributed by atoms with van der Waals surface area (Å²) in [5.41, 5.74) is 2.94. The lowest BCUT2D eigenvalue weighted by Crippen LogP contribution is -2.41. The third-order valence-corrected chi connectivity index (χ3v) is 3.59. The molecular formula is C8H10N4O2S. The molecule has 0 radical (unpaired) electrons. The molecule has 1 fully saturated rings. The van der Waals surface area contributed by atoms with E-state index in [0.29, 0.717) is 11.7 Å². The standard InChI is InChI=1S/C8H10N4O2S/c13-7(14)5-3-15-8-10-9-6(4-1-2-4)12(8)11-5/h4-5,11H,1-3H2,(H,13,14). The van der Waals surface area contributed by atoms with Crippen molar-refractivity contribution in [2.24, 2.45) is 0 Å². The number of fused-ring (bicyclic) bond motifs is 1. The minimum absolute atomic E-state index is 0.465. The van der Waals surface area contributed by atoms with Crippen molar-refractivity contribution in [3.05, 3.63) is 5.82 Å². The first-order valence-corrected chi connectivity index (χ1v) is 5.81. The summed E-state index contributed by atoms with van der Waals surface area (Å²) in [6.45, 7) is 0. The van der Waals surface area contributed by atoms with Crippen molar-refractivity contribution in [2.45, 2.75) is 30.0 Å². The third kappa shape index (κ3) is 1.46. The van der Waals surface area contributed by atoms with Gasteiger partial charge in [-0.3, -0.25) is 0 Å². The predicted molar refractivity (Wildman–Crippen MR) is 53.5 cm³/mol. The van der Waals surface area contributed by atoms with Crippen LogP contribution in [0.15, 0.2) is 5.16 Å². The van der Waals surface area contributed by atoms with Gasteiger partial charge in [-0.25, -0.2) is 9.47 Å². The molecule has 0 bridgehead atoms. The normalized spacial score (nSPS) is 24.4. The van der Waals surface area contributed by atoms with E-state index in [4.69, 9.17) is 5.11 Å². The number of thioether (sulfide) groups is 1. The van der Waals surface area contributed by atoms with E-state index in [1.165, 1.54) is 11.8 Å². The molecule has 2 aliphatic rings. The molecule has 80 valence electrons. The van der Waals surface area contributed by atoms with E-state index in [2.05, 4.69) is 15.6 Å². The minimum atomic E-state index is -0.830. The van der Waals surface area contributed by atoms with Gasteiger partial charge in [0.25, 0.3) is 0 Å². The summed E-state index contributed by atoms with van der Waals surface area (Å²) in [6.07, 6.45) is 2.25. The van der Waals surface area contributed by atoms with Crippen LogP contribution in [0.1, 0.15) is 24.6 Å². The van der Waals surface area contributed by atoms with Crippen LogP contribution in [0, 0.1) is 0 Å². The number of carbonyl (C=O) groups is 1. The van der Waals surface area contributed by atoms with E-state index < -0.39 is 12.0 Å². The maximum Gasteiger partial charge on any atom is 0.328 e. The molecule has 2 N–H and O–H groups in total. The van der Waals surface area contributed by atoms with Crippen molar-refractivity contribution in [2.75, 3.05) is 11.2 Å². The maximum atomic E-state index is 10.9. The molecule has 15 heavy (non-hydrogen) atoms. The summed E-state index contributed by atoms with van der Waals surface area (Å²) in [7, 11) is 0. The van der Waals surface area contributed by atoms with Crippen LogP contribution in [0.2, 0.25) is 0 Å². The predicted octanol–water partition coefficient (Wildman–Crippen LogP) is 0.258. The zero-order valence-electron chi connectivity index (χ0n) is 7.88. The Labute approximate surface area is 90.0 Å². The van der Waals surface area contributed by atoms with Crippen LogP contribution < -0.4 is 5.43 Å². The summed E-state index contributed by atoms with van der Waals surface area (Å²) in [6, 6.07) is -0.545. The molecule has 0 spiro atoms. The van der Waals surface area contributed by atoms with Crippen molar-refractivity contribution >= 4 is 17.7 Å². The van der Waals surface area contributed by atoms with Crippen molar-refractivity contribution < 1.29 is 9.90 Å². The average Bonchev–Trinajstić information content (AvgIpc) is 2.98. The Morgan fingerprint density at radius 3 is 3.00 bits per heavy atom. The molecule has 1 aliphatic carbocycles. The second kappa shape index (κ2) is 3.13. The largest absolute Gasteiger partial charge is 0.480 e. The number of hydrogen-bond acceptors (Lipinski definition) is 5. The van der Waals surface area contributed by atoms with Crippen LogP contribution in [-0.4, -0.2) is 37.7 Å². The summed E-state index contributed by atoms with van der Waals surface area (Å²) in [5, 5.41) is 17.8. The maximum absolute atomic E-state index is 10.9. The molecule has 1 aromatic heterocycles. The fourth-order valence-corrected chi connectivity index (χ4v) is 2.49. The Morgan fingerprint density at radius 1 is 1.53 bits per heavy atom. The molecule has 0 aromatic carbocycles. The highest BCUT2D eigenvalue weighted by Crippen LogP contribution is 2.40. The van der Waals surface area contributed by atoms with E-state index in [9.17, 15) is 4.79 Å². The summed E-state index contributed by atoms with van der Waals surface area (Å²) < 4.78 is 1.74. The van der Waals surface area contributed by atoms with Crippen LogP contribution in [0.3, 0.4) is 0 Å². The molecule has 2 heterocycles. The van der Waals surface area contributed by atoms with Crippen molar-refractivity contribution in [3.63, 3.8) is 0 Å². The van der Waals surface area contributed by atoms with Gasteiger partial charge < -0.3 is 10.5 Å². The van der Waals surface area contributed by atoms with E-state index in [1.54, 1.807) is 4.68 Å². The molecular weight excluding hydrogens is 216 g/mol. The lowest BCUT2D eigenvalue weighted by atomic mass is 10.3. The second-order valence-corrected chi connectivity index (χ2v) is 4.77. The number of rotatable bonds is 2. The zero-order valence-corrected chi connectivity index (χ0v) is 8.70. The van der Waals surface area contributed by atoms with Gasteiger partial charge in [-0.1, -0.05) is 11.8 Å². The van der Waals surface area contributed by atoms with Crippen LogP contribution in [0.4, 0.5) is 0 Å². The van der Waals surface area contributed by atoms with Gasteiger partial charge in [-0.05, 0) is 12.8 Å². The Bertz CT molecular complexity index is 415. The number of nitrogens with one attached hydrogen (secondary N) is 1. The van der Waals surface area contributed by atoms with Gasteiger partial charge in [0.15, 0.2) is 5.82 Å². The lowest BCUT2D eigenvalue weighted by Gasteiger charge is -2.22. The first-order valence-electron chi connectivity index (χ1n) is 4.83. The van der Waals surface area contributed by atoms with Crippen molar-refractivity contribution in [1.29, 1.82) is 0 Å².